The Bertz CT molecular complexity index is 1070. The van der Waals surface area contributed by atoms with E-state index in [9.17, 15) is 9.18 Å². The van der Waals surface area contributed by atoms with Crippen LogP contribution in [0.25, 0.3) is 22.2 Å². The number of carbonyl (C=O) groups excluding carboxylic acids is 1. The molecule has 0 radical (unpaired) electrons. The van der Waals surface area contributed by atoms with Gasteiger partial charge in [-0.2, -0.15) is 0 Å². The van der Waals surface area contributed by atoms with Crippen molar-refractivity contribution in [3.05, 3.63) is 59.9 Å². The summed E-state index contributed by atoms with van der Waals surface area (Å²) in [5.41, 5.74) is 2.59. The Morgan fingerprint density at radius 1 is 1.00 bits per heavy atom. The molecule has 2 atom stereocenters. The Morgan fingerprint density at radius 2 is 1.66 bits per heavy atom. The molecule has 2 bridgehead atoms. The van der Waals surface area contributed by atoms with Crippen molar-refractivity contribution in [3.63, 3.8) is 0 Å². The maximum Gasteiger partial charge on any atom is 0.254 e. The van der Waals surface area contributed by atoms with Crippen LogP contribution in [0, 0.1) is 5.82 Å². The number of amides is 1. The molecule has 1 amide bonds. The third-order valence-corrected chi connectivity index (χ3v) is 6.90. The minimum Gasteiger partial charge on any atom is -0.349 e. The molecule has 5 rings (SSSR count). The topological polar surface area (TPSA) is 37.3 Å². The Labute approximate surface area is 170 Å². The molecule has 29 heavy (non-hydrogen) atoms. The molecule has 5 heteroatoms. The lowest BCUT2D eigenvalue weighted by Gasteiger charge is -2.36. The molecule has 150 valence electrons. The highest BCUT2D eigenvalue weighted by molar-refractivity contribution is 6.12. The maximum atomic E-state index is 14.7. The number of hydrogen-bond acceptors (Lipinski definition) is 2. The summed E-state index contributed by atoms with van der Waals surface area (Å²) in [6.07, 6.45) is 4.39. The average molecular weight is 391 g/mol. The molecular formula is C24H26FN3O. The normalized spacial score (nSPS) is 24.2. The molecule has 3 heterocycles. The number of para-hydroxylation sites is 1. The molecule has 1 aromatic heterocycles. The first kappa shape index (κ1) is 18.4. The lowest BCUT2D eigenvalue weighted by molar-refractivity contribution is 0.0884. The molecule has 2 saturated heterocycles. The van der Waals surface area contributed by atoms with Gasteiger partial charge in [0.25, 0.3) is 5.91 Å². The minimum absolute atomic E-state index is 0.103. The highest BCUT2D eigenvalue weighted by Crippen LogP contribution is 2.36. The third-order valence-electron chi connectivity index (χ3n) is 6.90. The first-order valence-corrected chi connectivity index (χ1v) is 10.4. The summed E-state index contributed by atoms with van der Waals surface area (Å²) >= 11 is 0. The van der Waals surface area contributed by atoms with E-state index in [0.29, 0.717) is 28.9 Å². The molecule has 3 aromatic rings. The van der Waals surface area contributed by atoms with Crippen molar-refractivity contribution in [1.82, 2.24) is 14.8 Å². The van der Waals surface area contributed by atoms with Gasteiger partial charge in [0.1, 0.15) is 5.82 Å². The van der Waals surface area contributed by atoms with Crippen LogP contribution in [0.4, 0.5) is 4.39 Å². The summed E-state index contributed by atoms with van der Waals surface area (Å²) in [7, 11) is 4.10. The van der Waals surface area contributed by atoms with Crippen molar-refractivity contribution in [2.24, 2.45) is 7.05 Å². The van der Waals surface area contributed by atoms with Gasteiger partial charge in [-0.1, -0.05) is 30.3 Å². The molecule has 0 spiro atoms. The van der Waals surface area contributed by atoms with E-state index in [-0.39, 0.29) is 17.8 Å². The number of piperidine rings is 1. The SMILES string of the molecule is CN1C2CCC1CC(NC(=O)c1c(-c3ccccc3F)n(C)c3ccccc13)C2. The molecular weight excluding hydrogens is 365 g/mol. The largest absolute Gasteiger partial charge is 0.349 e. The molecule has 0 aliphatic carbocycles. The molecule has 2 unspecified atom stereocenters. The van der Waals surface area contributed by atoms with Crippen LogP contribution in [0.1, 0.15) is 36.0 Å². The summed E-state index contributed by atoms with van der Waals surface area (Å²) in [4.78, 5) is 16.0. The summed E-state index contributed by atoms with van der Waals surface area (Å²) in [6, 6.07) is 15.8. The molecule has 0 saturated carbocycles. The molecule has 1 N–H and O–H groups in total. The van der Waals surface area contributed by atoms with Gasteiger partial charge in [0.05, 0.1) is 11.3 Å². The second-order valence-electron chi connectivity index (χ2n) is 8.47. The second-order valence-corrected chi connectivity index (χ2v) is 8.47. The van der Waals surface area contributed by atoms with E-state index >= 15 is 0 Å². The van der Waals surface area contributed by atoms with Crippen molar-refractivity contribution in [2.75, 3.05) is 7.05 Å². The molecule has 2 aliphatic rings. The highest BCUT2D eigenvalue weighted by atomic mass is 19.1. The number of nitrogens with one attached hydrogen (secondary N) is 1. The quantitative estimate of drug-likeness (QED) is 0.721. The van der Waals surface area contributed by atoms with Crippen LogP contribution < -0.4 is 5.32 Å². The van der Waals surface area contributed by atoms with E-state index in [0.717, 1.165) is 23.7 Å². The van der Waals surface area contributed by atoms with Gasteiger partial charge >= 0.3 is 0 Å². The minimum atomic E-state index is -0.315. The number of carbonyl (C=O) groups is 1. The lowest BCUT2D eigenvalue weighted by Crippen LogP contribution is -2.48. The molecule has 2 aliphatic heterocycles. The predicted octanol–water partition coefficient (Wildman–Crippen LogP) is 4.34. The van der Waals surface area contributed by atoms with Crippen LogP contribution in [-0.2, 0) is 7.05 Å². The first-order chi connectivity index (χ1) is 14.0. The summed E-state index contributed by atoms with van der Waals surface area (Å²) in [5.74, 6) is -0.418. The Morgan fingerprint density at radius 3 is 2.38 bits per heavy atom. The van der Waals surface area contributed by atoms with Crippen LogP contribution in [-0.4, -0.2) is 40.5 Å². The van der Waals surface area contributed by atoms with Crippen molar-refractivity contribution in [2.45, 2.75) is 43.8 Å². The van der Waals surface area contributed by atoms with E-state index in [1.807, 2.05) is 41.9 Å². The van der Waals surface area contributed by atoms with Crippen molar-refractivity contribution in [1.29, 1.82) is 0 Å². The summed E-state index contributed by atoms with van der Waals surface area (Å²) < 4.78 is 16.6. The average Bonchev–Trinajstić information content (AvgIpc) is 3.10. The number of hydrogen-bond donors (Lipinski definition) is 1. The van der Waals surface area contributed by atoms with Crippen molar-refractivity contribution >= 4 is 16.8 Å². The fourth-order valence-electron chi connectivity index (χ4n) is 5.38. The van der Waals surface area contributed by atoms with E-state index in [1.54, 1.807) is 12.1 Å². The van der Waals surface area contributed by atoms with Gasteiger partial charge in [0.15, 0.2) is 0 Å². The van der Waals surface area contributed by atoms with E-state index in [2.05, 4.69) is 17.3 Å². The van der Waals surface area contributed by atoms with Crippen LogP contribution in [0.5, 0.6) is 0 Å². The summed E-state index contributed by atoms with van der Waals surface area (Å²) in [6.45, 7) is 0. The van der Waals surface area contributed by atoms with Crippen molar-refractivity contribution < 1.29 is 9.18 Å². The number of benzene rings is 2. The fraction of sp³-hybridized carbons (Fsp3) is 0.375. The van der Waals surface area contributed by atoms with Gasteiger partial charge in [-0.15, -0.1) is 0 Å². The first-order valence-electron chi connectivity index (χ1n) is 10.4. The molecule has 4 nitrogen and oxygen atoms in total. The molecule has 2 fully saturated rings. The lowest BCUT2D eigenvalue weighted by atomic mass is 9.97. The van der Waals surface area contributed by atoms with E-state index in [1.165, 1.54) is 18.9 Å². The zero-order valence-corrected chi connectivity index (χ0v) is 16.9. The van der Waals surface area contributed by atoms with Crippen LogP contribution in [0.2, 0.25) is 0 Å². The van der Waals surface area contributed by atoms with Gasteiger partial charge < -0.3 is 14.8 Å². The number of halogens is 1. The smallest absolute Gasteiger partial charge is 0.254 e. The van der Waals surface area contributed by atoms with Crippen LogP contribution in [0.3, 0.4) is 0 Å². The monoisotopic (exact) mass is 391 g/mol. The second kappa shape index (κ2) is 6.99. The number of fused-ring (bicyclic) bond motifs is 3. The number of aryl methyl sites for hydroxylation is 1. The zero-order chi connectivity index (χ0) is 20.1. The van der Waals surface area contributed by atoms with Crippen LogP contribution in [0.15, 0.2) is 48.5 Å². The standard InChI is InChI=1S/C24H26FN3O/c1-27-16-11-12-17(27)14-15(13-16)26-24(29)22-19-8-4-6-10-21(19)28(2)23(22)18-7-3-5-9-20(18)25/h3-10,15-17H,11-14H2,1-2H3,(H,26,29). The van der Waals surface area contributed by atoms with Gasteiger partial charge in [0.2, 0.25) is 0 Å². The number of aromatic nitrogens is 1. The fourth-order valence-corrected chi connectivity index (χ4v) is 5.38. The van der Waals surface area contributed by atoms with Crippen LogP contribution >= 0.6 is 0 Å². The Hall–Kier alpha value is -2.66. The number of rotatable bonds is 3. The van der Waals surface area contributed by atoms with E-state index in [4.69, 9.17) is 0 Å². The summed E-state index contributed by atoms with van der Waals surface area (Å²) in [5, 5.41) is 4.15. The van der Waals surface area contributed by atoms with E-state index < -0.39 is 0 Å². The highest BCUT2D eigenvalue weighted by Gasteiger charge is 2.39. The predicted molar refractivity (Wildman–Crippen MR) is 113 cm³/mol. The third kappa shape index (κ3) is 2.96. The van der Waals surface area contributed by atoms with Gasteiger partial charge in [-0.05, 0) is 50.9 Å². The molecule has 2 aromatic carbocycles. The van der Waals surface area contributed by atoms with Gasteiger partial charge in [-0.3, -0.25) is 4.79 Å². The van der Waals surface area contributed by atoms with Crippen molar-refractivity contribution in [3.8, 4) is 11.3 Å². The van der Waals surface area contributed by atoms with Gasteiger partial charge in [-0.25, -0.2) is 4.39 Å². The number of nitrogens with zero attached hydrogens (tertiary/aromatic N) is 2. The Balaban J connectivity index is 1.56. The maximum absolute atomic E-state index is 14.7. The Kier molecular flexibility index (Phi) is 4.43. The van der Waals surface area contributed by atoms with Gasteiger partial charge in [0, 0.05) is 41.6 Å². The zero-order valence-electron chi connectivity index (χ0n) is 16.9.